The number of carbonyl (C=O) groups is 2. The van der Waals surface area contributed by atoms with Gasteiger partial charge in [-0.1, -0.05) is 0 Å². The van der Waals surface area contributed by atoms with Gasteiger partial charge in [-0.25, -0.2) is 8.42 Å². The molecule has 0 bridgehead atoms. The third kappa shape index (κ3) is 6.76. The maximum Gasteiger partial charge on any atom is 0.248 e. The lowest BCUT2D eigenvalue weighted by Crippen LogP contribution is -2.43. The lowest BCUT2D eigenvalue weighted by Gasteiger charge is -2.26. The summed E-state index contributed by atoms with van der Waals surface area (Å²) in [5.74, 6) is 0.559. The molecule has 1 aromatic carbocycles. The third-order valence-electron chi connectivity index (χ3n) is 7.13. The highest BCUT2D eigenvalue weighted by Gasteiger charge is 2.32. The van der Waals surface area contributed by atoms with E-state index in [4.69, 9.17) is 9.47 Å². The average Bonchev–Trinajstić information content (AvgIpc) is 3.52. The van der Waals surface area contributed by atoms with E-state index in [1.165, 1.54) is 11.4 Å². The van der Waals surface area contributed by atoms with E-state index in [1.54, 1.807) is 45.0 Å². The Morgan fingerprint density at radius 2 is 1.72 bits per heavy atom. The molecule has 0 aliphatic carbocycles. The number of sulfonamides is 1. The van der Waals surface area contributed by atoms with Gasteiger partial charge in [-0.3, -0.25) is 14.5 Å². The molecule has 11 heteroatoms. The van der Waals surface area contributed by atoms with Crippen LogP contribution in [0, 0.1) is 13.8 Å². The SMILES string of the molecule is COc1cc(C)c(S(=O)(=O)N(C)CCOCC(=O)N(C)[C@@H]2CCN(C(=O)CN3CCCC3)C2)c(C)c1. The summed E-state index contributed by atoms with van der Waals surface area (Å²) < 4.78 is 38.2. The summed E-state index contributed by atoms with van der Waals surface area (Å²) in [5.41, 5.74) is 1.22. The van der Waals surface area contributed by atoms with Crippen molar-refractivity contribution in [3.8, 4) is 5.75 Å². The molecule has 1 atom stereocenters. The number of hydrogen-bond donors (Lipinski definition) is 0. The molecule has 2 heterocycles. The van der Waals surface area contributed by atoms with Crippen LogP contribution in [0.1, 0.15) is 30.4 Å². The molecule has 2 saturated heterocycles. The normalized spacial score (nSPS) is 18.7. The Morgan fingerprint density at radius 3 is 2.33 bits per heavy atom. The number of likely N-dealkylation sites (tertiary alicyclic amines) is 2. The lowest BCUT2D eigenvalue weighted by molar-refractivity contribution is -0.137. The number of aryl methyl sites for hydroxylation is 2. The number of hydrogen-bond acceptors (Lipinski definition) is 7. The second-order valence-electron chi connectivity index (χ2n) is 9.74. The van der Waals surface area contributed by atoms with Crippen molar-refractivity contribution >= 4 is 21.8 Å². The van der Waals surface area contributed by atoms with Gasteiger partial charge in [-0.2, -0.15) is 4.31 Å². The quantitative estimate of drug-likeness (QED) is 0.400. The van der Waals surface area contributed by atoms with Crippen LogP contribution in [0.3, 0.4) is 0 Å². The van der Waals surface area contributed by atoms with Gasteiger partial charge in [0.05, 0.1) is 31.2 Å². The second kappa shape index (κ2) is 12.4. The number of benzene rings is 1. The minimum atomic E-state index is -3.72. The molecule has 36 heavy (non-hydrogen) atoms. The molecule has 0 N–H and O–H groups in total. The molecular weight excluding hydrogens is 484 g/mol. The zero-order chi connectivity index (χ0) is 26.5. The molecule has 202 valence electrons. The highest BCUT2D eigenvalue weighted by molar-refractivity contribution is 7.89. The van der Waals surface area contributed by atoms with Crippen LogP contribution < -0.4 is 4.74 Å². The second-order valence-corrected chi connectivity index (χ2v) is 11.7. The monoisotopic (exact) mass is 524 g/mol. The van der Waals surface area contributed by atoms with Crippen LogP contribution >= 0.6 is 0 Å². The highest BCUT2D eigenvalue weighted by Crippen LogP contribution is 2.27. The Balaban J connectivity index is 1.43. The van der Waals surface area contributed by atoms with Crippen LogP contribution in [-0.4, -0.2) is 119 Å². The molecule has 0 unspecified atom stereocenters. The summed E-state index contributed by atoms with van der Waals surface area (Å²) in [4.78, 5) is 31.1. The lowest BCUT2D eigenvalue weighted by atomic mass is 10.1. The Kier molecular flexibility index (Phi) is 9.73. The Hall–Kier alpha value is -2.21. The summed E-state index contributed by atoms with van der Waals surface area (Å²) in [6.45, 7) is 7.17. The van der Waals surface area contributed by atoms with E-state index in [1.807, 2.05) is 4.90 Å². The first kappa shape index (κ1) is 28.4. The number of ether oxygens (including phenoxy) is 2. The summed E-state index contributed by atoms with van der Waals surface area (Å²) in [6.07, 6.45) is 3.04. The van der Waals surface area contributed by atoms with E-state index in [-0.39, 0.29) is 42.5 Å². The van der Waals surface area contributed by atoms with Gasteiger partial charge < -0.3 is 19.3 Å². The third-order valence-corrected chi connectivity index (χ3v) is 9.29. The number of methoxy groups -OCH3 is 1. The van der Waals surface area contributed by atoms with Crippen molar-refractivity contribution in [1.29, 1.82) is 0 Å². The van der Waals surface area contributed by atoms with Gasteiger partial charge in [0.15, 0.2) is 0 Å². The largest absolute Gasteiger partial charge is 0.497 e. The van der Waals surface area contributed by atoms with Crippen LogP contribution in [0.25, 0.3) is 0 Å². The van der Waals surface area contributed by atoms with E-state index < -0.39 is 10.0 Å². The maximum atomic E-state index is 13.1. The van der Waals surface area contributed by atoms with Gasteiger partial charge in [0.1, 0.15) is 12.4 Å². The van der Waals surface area contributed by atoms with Crippen molar-refractivity contribution in [3.63, 3.8) is 0 Å². The molecule has 2 fully saturated rings. The molecule has 0 aromatic heterocycles. The van der Waals surface area contributed by atoms with Crippen molar-refractivity contribution in [2.24, 2.45) is 0 Å². The first-order valence-corrected chi connectivity index (χ1v) is 13.9. The number of likely N-dealkylation sites (N-methyl/N-ethyl adjacent to an activating group) is 2. The zero-order valence-electron chi connectivity index (χ0n) is 22.2. The van der Waals surface area contributed by atoms with E-state index >= 15 is 0 Å². The fraction of sp³-hybridized carbons (Fsp3) is 0.680. The summed E-state index contributed by atoms with van der Waals surface area (Å²) in [6, 6.07) is 3.36. The first-order chi connectivity index (χ1) is 17.0. The molecule has 10 nitrogen and oxygen atoms in total. The summed E-state index contributed by atoms with van der Waals surface area (Å²) >= 11 is 0. The van der Waals surface area contributed by atoms with E-state index in [2.05, 4.69) is 4.90 Å². The molecule has 2 aliphatic heterocycles. The number of nitrogens with zero attached hydrogens (tertiary/aromatic N) is 4. The van der Waals surface area contributed by atoms with Crippen LogP contribution in [0.4, 0.5) is 0 Å². The smallest absolute Gasteiger partial charge is 0.248 e. The van der Waals surface area contributed by atoms with Crippen molar-refractivity contribution in [2.75, 3.05) is 73.7 Å². The van der Waals surface area contributed by atoms with Crippen molar-refractivity contribution in [3.05, 3.63) is 23.3 Å². The first-order valence-electron chi connectivity index (χ1n) is 12.5. The zero-order valence-corrected chi connectivity index (χ0v) is 23.0. The predicted molar refractivity (Wildman–Crippen MR) is 137 cm³/mol. The highest BCUT2D eigenvalue weighted by atomic mass is 32.2. The standard InChI is InChI=1S/C25H40N4O6S/c1-19-14-22(34-5)15-20(2)25(19)36(32,33)26(3)12-13-35-18-24(31)27(4)21-8-11-29(16-21)23(30)17-28-9-6-7-10-28/h14-15,21H,6-13,16-18H2,1-5H3/t21-/m1/s1. The molecular formula is C25H40N4O6S. The number of amides is 2. The fourth-order valence-corrected chi connectivity index (χ4v) is 6.44. The minimum absolute atomic E-state index is 0.0345. The molecule has 0 spiro atoms. The van der Waals surface area contributed by atoms with E-state index in [9.17, 15) is 18.0 Å². The fourth-order valence-electron chi connectivity index (χ4n) is 4.89. The maximum absolute atomic E-state index is 13.1. The van der Waals surface area contributed by atoms with E-state index in [0.717, 1.165) is 32.4 Å². The van der Waals surface area contributed by atoms with Gasteiger partial charge in [-0.05, 0) is 69.5 Å². The van der Waals surface area contributed by atoms with Gasteiger partial charge >= 0.3 is 0 Å². The van der Waals surface area contributed by atoms with E-state index in [0.29, 0.717) is 36.5 Å². The molecule has 0 radical (unpaired) electrons. The van der Waals surface area contributed by atoms with Crippen LogP contribution in [0.2, 0.25) is 0 Å². The Morgan fingerprint density at radius 1 is 1.08 bits per heavy atom. The molecule has 2 aliphatic rings. The van der Waals surface area contributed by atoms with Gasteiger partial charge in [0.2, 0.25) is 21.8 Å². The molecule has 0 saturated carbocycles. The van der Waals surface area contributed by atoms with Crippen LogP contribution in [-0.2, 0) is 24.3 Å². The Bertz CT molecular complexity index is 1020. The predicted octanol–water partition coefficient (Wildman–Crippen LogP) is 1.10. The number of carbonyl (C=O) groups excluding carboxylic acids is 2. The summed E-state index contributed by atoms with van der Waals surface area (Å²) in [5, 5.41) is 0. The van der Waals surface area contributed by atoms with Crippen molar-refractivity contribution in [2.45, 2.75) is 44.0 Å². The average molecular weight is 525 g/mol. The van der Waals surface area contributed by atoms with Crippen molar-refractivity contribution in [1.82, 2.24) is 19.0 Å². The molecule has 2 amide bonds. The molecule has 3 rings (SSSR count). The minimum Gasteiger partial charge on any atom is -0.497 e. The van der Waals surface area contributed by atoms with Crippen molar-refractivity contribution < 1.29 is 27.5 Å². The number of rotatable bonds is 11. The van der Waals surface area contributed by atoms with Gasteiger partial charge in [0.25, 0.3) is 0 Å². The Labute approximate surface area is 215 Å². The van der Waals surface area contributed by atoms with Crippen LogP contribution in [0.5, 0.6) is 5.75 Å². The topological polar surface area (TPSA) is 99.7 Å². The van der Waals surface area contributed by atoms with Gasteiger partial charge in [-0.15, -0.1) is 0 Å². The molecule has 1 aromatic rings. The van der Waals surface area contributed by atoms with Crippen LogP contribution in [0.15, 0.2) is 17.0 Å². The summed E-state index contributed by atoms with van der Waals surface area (Å²) in [7, 11) is 1.06. The van der Waals surface area contributed by atoms with Gasteiger partial charge in [0, 0.05) is 33.7 Å².